The number of hydrogen-bond donors (Lipinski definition) is 0. The van der Waals surface area contributed by atoms with Gasteiger partial charge in [0, 0.05) is 6.07 Å². The van der Waals surface area contributed by atoms with Crippen LogP contribution in [0.3, 0.4) is 0 Å². The predicted octanol–water partition coefficient (Wildman–Crippen LogP) is 4.30. The highest BCUT2D eigenvalue weighted by atomic mass is 35.5. The van der Waals surface area contributed by atoms with Crippen molar-refractivity contribution in [3.63, 3.8) is 0 Å². The maximum absolute atomic E-state index is 10.9. The van der Waals surface area contributed by atoms with Crippen molar-refractivity contribution in [1.29, 1.82) is 0 Å². The molecule has 0 fully saturated rings. The summed E-state index contributed by atoms with van der Waals surface area (Å²) in [5.41, 5.74) is 2.36. The molecule has 0 unspecified atom stereocenters. The Labute approximate surface area is 106 Å². The molecule has 1 aromatic rings. The van der Waals surface area contributed by atoms with E-state index in [0.29, 0.717) is 0 Å². The van der Waals surface area contributed by atoms with Crippen molar-refractivity contribution in [2.45, 2.75) is 44.9 Å². The third-order valence-electron chi connectivity index (χ3n) is 3.36. The molecule has 92 valence electrons. The summed E-state index contributed by atoms with van der Waals surface area (Å²) in [5, 5.41) is 11.1. The van der Waals surface area contributed by atoms with Crippen molar-refractivity contribution >= 4 is 17.3 Å². The molecule has 0 aromatic heterocycles. The van der Waals surface area contributed by atoms with Crippen LogP contribution in [0.25, 0.3) is 0 Å². The molecular formula is C13H16ClNO2. The standard InChI is InChI=1S/C13H16ClNO2/c14-12-8-10-6-4-2-1-3-5-7-11(10)9-13(12)15(16)17/h8-9H,1-7H2. The summed E-state index contributed by atoms with van der Waals surface area (Å²) < 4.78 is 0. The van der Waals surface area contributed by atoms with Crippen LogP contribution in [0.2, 0.25) is 5.02 Å². The van der Waals surface area contributed by atoms with E-state index in [9.17, 15) is 10.1 Å². The lowest BCUT2D eigenvalue weighted by Crippen LogP contribution is -1.98. The fraction of sp³-hybridized carbons (Fsp3) is 0.538. The van der Waals surface area contributed by atoms with Gasteiger partial charge in [-0.15, -0.1) is 0 Å². The van der Waals surface area contributed by atoms with Gasteiger partial charge in [0.1, 0.15) is 5.02 Å². The Balaban J connectivity index is 2.37. The Bertz CT molecular complexity index is 432. The number of rotatable bonds is 1. The van der Waals surface area contributed by atoms with Gasteiger partial charge in [-0.05, 0) is 42.9 Å². The highest BCUT2D eigenvalue weighted by Gasteiger charge is 2.17. The molecule has 0 saturated heterocycles. The average Bonchev–Trinajstić information content (AvgIpc) is 2.39. The summed E-state index contributed by atoms with van der Waals surface area (Å²) in [6.45, 7) is 0. The van der Waals surface area contributed by atoms with E-state index in [-0.39, 0.29) is 10.7 Å². The molecule has 4 heteroatoms. The number of hydrogen-bond acceptors (Lipinski definition) is 2. The van der Waals surface area contributed by atoms with E-state index in [4.69, 9.17) is 11.6 Å². The Morgan fingerprint density at radius 1 is 1.00 bits per heavy atom. The van der Waals surface area contributed by atoms with Crippen LogP contribution >= 0.6 is 11.6 Å². The number of benzene rings is 1. The topological polar surface area (TPSA) is 43.1 Å². The van der Waals surface area contributed by atoms with Crippen LogP contribution in [-0.2, 0) is 12.8 Å². The predicted molar refractivity (Wildman–Crippen MR) is 68.6 cm³/mol. The molecule has 0 bridgehead atoms. The minimum Gasteiger partial charge on any atom is -0.258 e. The Hall–Kier alpha value is -1.09. The number of nitro benzene ring substituents is 1. The van der Waals surface area contributed by atoms with Crippen molar-refractivity contribution in [3.05, 3.63) is 38.4 Å². The maximum Gasteiger partial charge on any atom is 0.288 e. The Morgan fingerprint density at radius 3 is 2.12 bits per heavy atom. The molecule has 1 aliphatic carbocycles. The monoisotopic (exact) mass is 253 g/mol. The second kappa shape index (κ2) is 5.50. The van der Waals surface area contributed by atoms with E-state index >= 15 is 0 Å². The second-order valence-corrected chi connectivity index (χ2v) is 5.00. The minimum atomic E-state index is -0.394. The van der Waals surface area contributed by atoms with Gasteiger partial charge < -0.3 is 0 Å². The van der Waals surface area contributed by atoms with E-state index in [0.717, 1.165) is 31.2 Å². The molecule has 3 nitrogen and oxygen atoms in total. The van der Waals surface area contributed by atoms with Gasteiger partial charge in [-0.3, -0.25) is 10.1 Å². The van der Waals surface area contributed by atoms with Gasteiger partial charge in [-0.1, -0.05) is 30.9 Å². The molecule has 0 heterocycles. The van der Waals surface area contributed by atoms with Crippen LogP contribution in [0, 0.1) is 10.1 Å². The SMILES string of the molecule is O=[N+]([O-])c1cc2c(cc1Cl)CCCCCCC2. The number of fused-ring (bicyclic) bond motifs is 1. The van der Waals surface area contributed by atoms with Gasteiger partial charge in [0.05, 0.1) is 4.92 Å². The van der Waals surface area contributed by atoms with Crippen LogP contribution in [0.1, 0.15) is 43.2 Å². The Morgan fingerprint density at radius 2 is 1.53 bits per heavy atom. The summed E-state index contributed by atoms with van der Waals surface area (Å²) >= 11 is 5.95. The minimum absolute atomic E-state index is 0.0460. The van der Waals surface area contributed by atoms with Gasteiger partial charge in [0.2, 0.25) is 0 Å². The molecule has 1 aromatic carbocycles. The van der Waals surface area contributed by atoms with E-state index in [1.165, 1.54) is 24.8 Å². The molecule has 0 aliphatic heterocycles. The van der Waals surface area contributed by atoms with E-state index in [1.54, 1.807) is 12.1 Å². The first-order valence-corrected chi connectivity index (χ1v) is 6.52. The largest absolute Gasteiger partial charge is 0.288 e. The molecule has 0 N–H and O–H groups in total. The smallest absolute Gasteiger partial charge is 0.258 e. The zero-order valence-electron chi connectivity index (χ0n) is 9.75. The quantitative estimate of drug-likeness (QED) is 0.553. The van der Waals surface area contributed by atoms with Gasteiger partial charge in [0.25, 0.3) is 5.69 Å². The third-order valence-corrected chi connectivity index (χ3v) is 3.66. The number of nitro groups is 1. The summed E-state index contributed by atoms with van der Waals surface area (Å²) in [4.78, 5) is 10.5. The molecule has 1 aliphatic rings. The van der Waals surface area contributed by atoms with Crippen molar-refractivity contribution in [2.75, 3.05) is 0 Å². The maximum atomic E-state index is 10.9. The van der Waals surface area contributed by atoms with Crippen LogP contribution < -0.4 is 0 Å². The molecule has 0 amide bonds. The van der Waals surface area contributed by atoms with Gasteiger partial charge in [0.15, 0.2) is 0 Å². The summed E-state index contributed by atoms with van der Waals surface area (Å²) in [6, 6.07) is 3.46. The molecule has 2 rings (SSSR count). The normalized spacial score (nSPS) is 16.5. The molecule has 0 saturated carbocycles. The first-order valence-electron chi connectivity index (χ1n) is 6.14. The Kier molecular flexibility index (Phi) is 4.00. The summed E-state index contributed by atoms with van der Waals surface area (Å²) in [5.74, 6) is 0. The van der Waals surface area contributed by atoms with Crippen LogP contribution in [-0.4, -0.2) is 4.92 Å². The lowest BCUT2D eigenvalue weighted by atomic mass is 9.99. The first-order chi connectivity index (χ1) is 8.18. The van der Waals surface area contributed by atoms with E-state index < -0.39 is 4.92 Å². The van der Waals surface area contributed by atoms with E-state index in [1.807, 2.05) is 0 Å². The second-order valence-electron chi connectivity index (χ2n) is 4.60. The fourth-order valence-corrected chi connectivity index (χ4v) is 2.67. The van der Waals surface area contributed by atoms with E-state index in [2.05, 4.69) is 0 Å². The van der Waals surface area contributed by atoms with Gasteiger partial charge >= 0.3 is 0 Å². The lowest BCUT2D eigenvalue weighted by molar-refractivity contribution is -0.384. The van der Waals surface area contributed by atoms with Crippen molar-refractivity contribution < 1.29 is 4.92 Å². The van der Waals surface area contributed by atoms with Crippen LogP contribution in [0.5, 0.6) is 0 Å². The summed E-state index contributed by atoms with van der Waals surface area (Å²) in [6.07, 6.45) is 7.93. The molecule has 0 atom stereocenters. The van der Waals surface area contributed by atoms with Crippen molar-refractivity contribution in [2.24, 2.45) is 0 Å². The highest BCUT2D eigenvalue weighted by molar-refractivity contribution is 6.32. The molecule has 17 heavy (non-hydrogen) atoms. The number of aryl methyl sites for hydroxylation is 2. The third kappa shape index (κ3) is 2.97. The lowest BCUT2D eigenvalue weighted by Gasteiger charge is -2.08. The zero-order valence-corrected chi connectivity index (χ0v) is 10.5. The van der Waals surface area contributed by atoms with Gasteiger partial charge in [-0.2, -0.15) is 0 Å². The number of halogens is 1. The molecular weight excluding hydrogens is 238 g/mol. The van der Waals surface area contributed by atoms with Crippen molar-refractivity contribution in [1.82, 2.24) is 0 Å². The molecule has 0 spiro atoms. The average molecular weight is 254 g/mol. The number of nitrogens with zero attached hydrogens (tertiary/aromatic N) is 1. The van der Waals surface area contributed by atoms with Crippen LogP contribution in [0.15, 0.2) is 12.1 Å². The fourth-order valence-electron chi connectivity index (χ4n) is 2.41. The van der Waals surface area contributed by atoms with Crippen LogP contribution in [0.4, 0.5) is 5.69 Å². The zero-order chi connectivity index (χ0) is 12.3. The highest BCUT2D eigenvalue weighted by Crippen LogP contribution is 2.30. The van der Waals surface area contributed by atoms with Crippen molar-refractivity contribution in [3.8, 4) is 0 Å². The summed E-state index contributed by atoms with van der Waals surface area (Å²) in [7, 11) is 0. The first kappa shape index (κ1) is 12.4. The molecule has 0 radical (unpaired) electrons. The van der Waals surface area contributed by atoms with Gasteiger partial charge in [-0.25, -0.2) is 0 Å².